The summed E-state index contributed by atoms with van der Waals surface area (Å²) in [6.07, 6.45) is 1.80. The standard InChI is InChI=1S/C12H18N4O5/c1-16-7-5-8(15-16)4-6-13-12(21)14-9(11(19)20)2-3-10(17)18/h5,7,9H,2-4,6H2,1H3,(H,17,18)(H,19,20)(H2,13,14,21)/t9-/m0/s1. The van der Waals surface area contributed by atoms with Crippen LogP contribution in [0.2, 0.25) is 0 Å². The molecule has 0 radical (unpaired) electrons. The van der Waals surface area contributed by atoms with Gasteiger partial charge in [-0.05, 0) is 12.5 Å². The van der Waals surface area contributed by atoms with Crippen LogP contribution in [-0.2, 0) is 23.1 Å². The lowest BCUT2D eigenvalue weighted by molar-refractivity contribution is -0.140. The van der Waals surface area contributed by atoms with Crippen LogP contribution < -0.4 is 10.6 Å². The molecule has 9 heteroatoms. The second kappa shape index (κ2) is 7.88. The van der Waals surface area contributed by atoms with Crippen molar-refractivity contribution in [2.24, 2.45) is 7.05 Å². The fourth-order valence-corrected chi connectivity index (χ4v) is 1.64. The number of nitrogens with one attached hydrogen (secondary N) is 2. The number of urea groups is 1. The van der Waals surface area contributed by atoms with E-state index in [1.165, 1.54) is 0 Å². The van der Waals surface area contributed by atoms with Gasteiger partial charge in [0.2, 0.25) is 0 Å². The lowest BCUT2D eigenvalue weighted by Crippen LogP contribution is -2.46. The Morgan fingerprint density at radius 1 is 1.38 bits per heavy atom. The molecule has 0 fully saturated rings. The number of carboxylic acid groups (broad SMARTS) is 2. The topological polar surface area (TPSA) is 134 Å². The third-order valence-electron chi connectivity index (χ3n) is 2.69. The highest BCUT2D eigenvalue weighted by molar-refractivity contribution is 5.82. The second-order valence-corrected chi connectivity index (χ2v) is 4.45. The maximum Gasteiger partial charge on any atom is 0.326 e. The largest absolute Gasteiger partial charge is 0.481 e. The third kappa shape index (κ3) is 6.41. The van der Waals surface area contributed by atoms with E-state index in [2.05, 4.69) is 15.7 Å². The van der Waals surface area contributed by atoms with Crippen LogP contribution in [0.5, 0.6) is 0 Å². The molecule has 1 heterocycles. The number of carbonyl (C=O) groups is 3. The Hall–Kier alpha value is -2.58. The normalized spacial score (nSPS) is 11.7. The van der Waals surface area contributed by atoms with Crippen LogP contribution in [0.4, 0.5) is 4.79 Å². The fourth-order valence-electron chi connectivity index (χ4n) is 1.64. The van der Waals surface area contributed by atoms with Crippen molar-refractivity contribution in [1.29, 1.82) is 0 Å². The molecule has 1 rings (SSSR count). The minimum Gasteiger partial charge on any atom is -0.481 e. The first-order valence-electron chi connectivity index (χ1n) is 6.36. The first-order chi connectivity index (χ1) is 9.88. The molecule has 1 aromatic heterocycles. The zero-order chi connectivity index (χ0) is 15.8. The van der Waals surface area contributed by atoms with E-state index >= 15 is 0 Å². The molecule has 0 aromatic carbocycles. The van der Waals surface area contributed by atoms with Crippen molar-refractivity contribution in [3.8, 4) is 0 Å². The smallest absolute Gasteiger partial charge is 0.326 e. The number of carboxylic acids is 2. The van der Waals surface area contributed by atoms with Crippen LogP contribution in [0, 0.1) is 0 Å². The molecule has 0 aliphatic carbocycles. The number of aromatic nitrogens is 2. The van der Waals surface area contributed by atoms with Crippen molar-refractivity contribution in [2.45, 2.75) is 25.3 Å². The summed E-state index contributed by atoms with van der Waals surface area (Å²) in [5.41, 5.74) is 0.804. The van der Waals surface area contributed by atoms with Crippen molar-refractivity contribution in [3.63, 3.8) is 0 Å². The highest BCUT2D eigenvalue weighted by Crippen LogP contribution is 1.98. The number of hydrogen-bond acceptors (Lipinski definition) is 4. The van der Waals surface area contributed by atoms with Gasteiger partial charge in [-0.15, -0.1) is 0 Å². The van der Waals surface area contributed by atoms with Crippen LogP contribution >= 0.6 is 0 Å². The number of amides is 2. The summed E-state index contributed by atoms with van der Waals surface area (Å²) in [6.45, 7) is 0.300. The molecule has 4 N–H and O–H groups in total. The van der Waals surface area contributed by atoms with Crippen molar-refractivity contribution in [3.05, 3.63) is 18.0 Å². The summed E-state index contributed by atoms with van der Waals surface area (Å²) in [5, 5.41) is 26.3. The predicted octanol–water partition coefficient (Wildman–Crippen LogP) is -0.420. The summed E-state index contributed by atoms with van der Waals surface area (Å²) in [4.78, 5) is 32.8. The van der Waals surface area contributed by atoms with Gasteiger partial charge in [0, 0.05) is 32.6 Å². The molecule has 2 amide bonds. The van der Waals surface area contributed by atoms with Gasteiger partial charge in [0.1, 0.15) is 6.04 Å². The summed E-state index contributed by atoms with van der Waals surface area (Å²) in [6, 6.07) is -0.0633. The molecule has 0 saturated carbocycles. The van der Waals surface area contributed by atoms with Crippen molar-refractivity contribution in [2.75, 3.05) is 6.54 Å². The lowest BCUT2D eigenvalue weighted by Gasteiger charge is -2.14. The SMILES string of the molecule is Cn1ccc(CCNC(=O)N[C@@H](CCC(=O)O)C(=O)O)n1. The molecule has 1 atom stereocenters. The molecule has 21 heavy (non-hydrogen) atoms. The highest BCUT2D eigenvalue weighted by atomic mass is 16.4. The number of hydrogen-bond donors (Lipinski definition) is 4. The first kappa shape index (κ1) is 16.5. The number of rotatable bonds is 8. The summed E-state index contributed by atoms with van der Waals surface area (Å²) >= 11 is 0. The summed E-state index contributed by atoms with van der Waals surface area (Å²) in [5.74, 6) is -2.38. The monoisotopic (exact) mass is 298 g/mol. The van der Waals surface area contributed by atoms with Gasteiger partial charge in [-0.1, -0.05) is 0 Å². The average Bonchev–Trinajstić information content (AvgIpc) is 2.79. The van der Waals surface area contributed by atoms with Gasteiger partial charge in [-0.2, -0.15) is 5.10 Å². The molecular formula is C12H18N4O5. The van der Waals surface area contributed by atoms with Crippen molar-refractivity contribution >= 4 is 18.0 Å². The molecule has 0 bridgehead atoms. The quantitative estimate of drug-likeness (QED) is 0.515. The number of nitrogens with zero attached hydrogens (tertiary/aromatic N) is 2. The molecule has 9 nitrogen and oxygen atoms in total. The van der Waals surface area contributed by atoms with Gasteiger partial charge in [0.15, 0.2) is 0 Å². The van der Waals surface area contributed by atoms with Crippen molar-refractivity contribution < 1.29 is 24.6 Å². The van der Waals surface area contributed by atoms with Crippen LogP contribution in [0.1, 0.15) is 18.5 Å². The van der Waals surface area contributed by atoms with Crippen LogP contribution in [0.25, 0.3) is 0 Å². The van der Waals surface area contributed by atoms with E-state index < -0.39 is 24.0 Å². The van der Waals surface area contributed by atoms with Crippen LogP contribution in [0.3, 0.4) is 0 Å². The third-order valence-corrected chi connectivity index (χ3v) is 2.69. The zero-order valence-electron chi connectivity index (χ0n) is 11.6. The minimum atomic E-state index is -1.27. The van der Waals surface area contributed by atoms with Gasteiger partial charge in [0.05, 0.1) is 5.69 Å². The Morgan fingerprint density at radius 2 is 2.10 bits per heavy atom. The molecular weight excluding hydrogens is 280 g/mol. The van der Waals surface area contributed by atoms with Gasteiger partial charge >= 0.3 is 18.0 Å². The van der Waals surface area contributed by atoms with E-state index in [0.717, 1.165) is 5.69 Å². The predicted molar refractivity (Wildman–Crippen MR) is 71.7 cm³/mol. The number of aryl methyl sites for hydroxylation is 1. The fraction of sp³-hybridized carbons (Fsp3) is 0.500. The Bertz CT molecular complexity index is 514. The number of carbonyl (C=O) groups excluding carboxylic acids is 1. The van der Waals surface area contributed by atoms with Gasteiger partial charge in [0.25, 0.3) is 0 Å². The molecule has 0 saturated heterocycles. The summed E-state index contributed by atoms with van der Waals surface area (Å²) < 4.78 is 1.64. The Balaban J connectivity index is 2.32. The zero-order valence-corrected chi connectivity index (χ0v) is 11.6. The van der Waals surface area contributed by atoms with Gasteiger partial charge in [-0.25, -0.2) is 9.59 Å². The van der Waals surface area contributed by atoms with Gasteiger partial charge < -0.3 is 20.8 Å². The first-order valence-corrected chi connectivity index (χ1v) is 6.36. The second-order valence-electron chi connectivity index (χ2n) is 4.45. The van der Waals surface area contributed by atoms with E-state index in [9.17, 15) is 14.4 Å². The van der Waals surface area contributed by atoms with Gasteiger partial charge in [-0.3, -0.25) is 9.48 Å². The maximum atomic E-state index is 11.5. The maximum absolute atomic E-state index is 11.5. The van der Waals surface area contributed by atoms with Crippen LogP contribution in [-0.4, -0.2) is 50.5 Å². The highest BCUT2D eigenvalue weighted by Gasteiger charge is 2.20. The Labute approximate surface area is 120 Å². The molecule has 0 aliphatic rings. The van der Waals surface area contributed by atoms with E-state index in [1.54, 1.807) is 17.9 Å². The van der Waals surface area contributed by atoms with E-state index in [1.807, 2.05) is 6.07 Å². The number of aliphatic carboxylic acids is 2. The molecule has 0 aliphatic heterocycles. The molecule has 116 valence electrons. The average molecular weight is 298 g/mol. The summed E-state index contributed by atoms with van der Waals surface area (Å²) in [7, 11) is 1.78. The molecule has 1 aromatic rings. The Kier molecular flexibility index (Phi) is 6.18. The minimum absolute atomic E-state index is 0.168. The van der Waals surface area contributed by atoms with E-state index in [0.29, 0.717) is 13.0 Å². The molecule has 0 unspecified atom stereocenters. The lowest BCUT2D eigenvalue weighted by atomic mass is 10.1. The Morgan fingerprint density at radius 3 is 2.62 bits per heavy atom. The van der Waals surface area contributed by atoms with Crippen LogP contribution in [0.15, 0.2) is 12.3 Å². The van der Waals surface area contributed by atoms with E-state index in [-0.39, 0.29) is 12.8 Å². The van der Waals surface area contributed by atoms with E-state index in [4.69, 9.17) is 10.2 Å². The molecule has 0 spiro atoms. The van der Waals surface area contributed by atoms with Crippen molar-refractivity contribution in [1.82, 2.24) is 20.4 Å².